The molecule has 4 amide bonds. The van der Waals surface area contributed by atoms with Crippen molar-refractivity contribution in [2.45, 2.75) is 11.8 Å². The predicted octanol–water partition coefficient (Wildman–Crippen LogP) is 1.83. The number of pyridine rings is 1. The van der Waals surface area contributed by atoms with Crippen LogP contribution in [-0.4, -0.2) is 41.8 Å². The maximum Gasteiger partial charge on any atom is 0.440 e. The van der Waals surface area contributed by atoms with Crippen LogP contribution in [0.5, 0.6) is 5.75 Å². The summed E-state index contributed by atoms with van der Waals surface area (Å²) in [5.41, 5.74) is -4.06. The highest BCUT2D eigenvalue weighted by Crippen LogP contribution is 2.38. The zero-order chi connectivity index (χ0) is 20.5. The van der Waals surface area contributed by atoms with Crippen LogP contribution in [0.15, 0.2) is 48.8 Å². The van der Waals surface area contributed by atoms with Crippen molar-refractivity contribution in [1.82, 2.24) is 15.6 Å². The number of imide groups is 1. The number of rotatable bonds is 4. The van der Waals surface area contributed by atoms with E-state index in [0.29, 0.717) is 0 Å². The van der Waals surface area contributed by atoms with Gasteiger partial charge in [-0.15, -0.1) is 0 Å². The number of para-hydroxylation sites is 2. The second kappa shape index (κ2) is 6.83. The Kier molecular flexibility index (Phi) is 4.67. The van der Waals surface area contributed by atoms with Crippen molar-refractivity contribution < 1.29 is 32.3 Å². The van der Waals surface area contributed by atoms with Gasteiger partial charge in [0.1, 0.15) is 5.75 Å². The average molecular weight is 394 g/mol. The van der Waals surface area contributed by atoms with E-state index in [1.54, 1.807) is 10.6 Å². The van der Waals surface area contributed by atoms with Gasteiger partial charge < -0.3 is 10.1 Å². The lowest BCUT2D eigenvalue weighted by atomic mass is 10.1. The summed E-state index contributed by atoms with van der Waals surface area (Å²) < 4.78 is 46.6. The van der Waals surface area contributed by atoms with Crippen LogP contribution >= 0.6 is 0 Å². The van der Waals surface area contributed by atoms with Crippen LogP contribution in [0.4, 0.5) is 23.7 Å². The van der Waals surface area contributed by atoms with Gasteiger partial charge >= 0.3 is 12.2 Å². The molecule has 0 saturated carbocycles. The number of halogens is 3. The summed E-state index contributed by atoms with van der Waals surface area (Å²) in [6.07, 6.45) is -2.98. The lowest BCUT2D eigenvalue weighted by molar-refractivity contribution is -0.197. The molecule has 1 aromatic carbocycles. The van der Waals surface area contributed by atoms with Crippen molar-refractivity contribution in [2.75, 3.05) is 12.0 Å². The fourth-order valence-corrected chi connectivity index (χ4v) is 2.65. The van der Waals surface area contributed by atoms with E-state index in [-0.39, 0.29) is 21.9 Å². The number of hydrogen-bond acceptors (Lipinski definition) is 5. The highest BCUT2D eigenvalue weighted by atomic mass is 19.4. The molecule has 0 aliphatic carbocycles. The summed E-state index contributed by atoms with van der Waals surface area (Å²) in [5.74, 6) is -2.95. The number of ether oxygens (including phenoxy) is 1. The third kappa shape index (κ3) is 3.00. The largest absolute Gasteiger partial charge is 0.495 e. The maximum atomic E-state index is 13.9. The van der Waals surface area contributed by atoms with Crippen molar-refractivity contribution in [3.05, 3.63) is 54.4 Å². The van der Waals surface area contributed by atoms with Gasteiger partial charge in [0.25, 0.3) is 17.5 Å². The van der Waals surface area contributed by atoms with Gasteiger partial charge in [-0.05, 0) is 24.3 Å². The number of anilines is 1. The molecule has 146 valence electrons. The number of nitrogens with zero attached hydrogens (tertiary/aromatic N) is 2. The normalized spacial score (nSPS) is 19.4. The molecule has 1 atom stereocenters. The Hall–Kier alpha value is -3.63. The Morgan fingerprint density at radius 2 is 1.93 bits per heavy atom. The van der Waals surface area contributed by atoms with Crippen LogP contribution in [-0.2, 0) is 4.79 Å². The lowest BCUT2D eigenvalue weighted by Crippen LogP contribution is -2.69. The molecule has 0 spiro atoms. The van der Waals surface area contributed by atoms with E-state index >= 15 is 0 Å². The minimum absolute atomic E-state index is 0.00237. The first kappa shape index (κ1) is 19.1. The van der Waals surface area contributed by atoms with Crippen LogP contribution in [0.1, 0.15) is 10.4 Å². The van der Waals surface area contributed by atoms with E-state index < -0.39 is 29.7 Å². The van der Waals surface area contributed by atoms with Crippen LogP contribution in [0, 0.1) is 0 Å². The number of nitrogens with one attached hydrogen (secondary N) is 2. The van der Waals surface area contributed by atoms with E-state index in [1.807, 2.05) is 0 Å². The fourth-order valence-electron chi connectivity index (χ4n) is 2.65. The zero-order valence-electron chi connectivity index (χ0n) is 14.3. The van der Waals surface area contributed by atoms with Gasteiger partial charge in [0.05, 0.1) is 18.4 Å². The molecule has 8 nitrogen and oxygen atoms in total. The molecule has 1 aromatic heterocycles. The molecule has 1 aliphatic heterocycles. The number of carbonyl (C=O) groups is 3. The SMILES string of the molecule is COc1ccccc1N1C(=O)NC(NC(=O)c2cccnc2)(C(F)(F)F)C1=O. The van der Waals surface area contributed by atoms with Crippen molar-refractivity contribution in [1.29, 1.82) is 0 Å². The predicted molar refractivity (Wildman–Crippen MR) is 89.5 cm³/mol. The van der Waals surface area contributed by atoms with Crippen LogP contribution in [0.25, 0.3) is 0 Å². The maximum absolute atomic E-state index is 13.9. The van der Waals surface area contributed by atoms with Crippen molar-refractivity contribution in [3.63, 3.8) is 0 Å². The lowest BCUT2D eigenvalue weighted by Gasteiger charge is -2.29. The van der Waals surface area contributed by atoms with Crippen molar-refractivity contribution in [3.8, 4) is 5.75 Å². The third-order valence-electron chi connectivity index (χ3n) is 4.00. The molecule has 1 fully saturated rings. The van der Waals surface area contributed by atoms with E-state index in [2.05, 4.69) is 4.98 Å². The molecule has 2 aromatic rings. The molecular formula is C17H13F3N4O4. The van der Waals surface area contributed by atoms with Gasteiger partial charge in [-0.3, -0.25) is 19.9 Å². The first-order chi connectivity index (χ1) is 13.2. The monoisotopic (exact) mass is 394 g/mol. The highest BCUT2D eigenvalue weighted by molar-refractivity contribution is 6.25. The van der Waals surface area contributed by atoms with Gasteiger partial charge in [0.2, 0.25) is 0 Å². The topological polar surface area (TPSA) is 101 Å². The number of carbonyl (C=O) groups excluding carboxylic acids is 3. The van der Waals surface area contributed by atoms with Crippen molar-refractivity contribution >= 4 is 23.5 Å². The van der Waals surface area contributed by atoms with Gasteiger partial charge in [-0.25, -0.2) is 9.69 Å². The van der Waals surface area contributed by atoms with Crippen LogP contribution in [0.3, 0.4) is 0 Å². The van der Waals surface area contributed by atoms with Gasteiger partial charge in [-0.1, -0.05) is 12.1 Å². The third-order valence-corrected chi connectivity index (χ3v) is 4.00. The molecule has 1 aliphatic rings. The molecular weight excluding hydrogens is 381 g/mol. The molecule has 0 radical (unpaired) electrons. The minimum atomic E-state index is -5.33. The number of amides is 4. The molecule has 1 unspecified atom stereocenters. The number of alkyl halides is 3. The molecule has 1 saturated heterocycles. The summed E-state index contributed by atoms with van der Waals surface area (Å²) >= 11 is 0. The van der Waals surface area contributed by atoms with E-state index in [0.717, 1.165) is 6.20 Å². The van der Waals surface area contributed by atoms with Gasteiger partial charge in [0.15, 0.2) is 0 Å². The quantitative estimate of drug-likeness (QED) is 0.771. The Labute approximate surface area is 156 Å². The molecule has 28 heavy (non-hydrogen) atoms. The first-order valence-electron chi connectivity index (χ1n) is 7.80. The summed E-state index contributed by atoms with van der Waals surface area (Å²) in [4.78, 5) is 41.3. The van der Waals surface area contributed by atoms with E-state index in [4.69, 9.17) is 4.74 Å². The smallest absolute Gasteiger partial charge is 0.440 e. The minimum Gasteiger partial charge on any atom is -0.495 e. The summed E-state index contributed by atoms with van der Waals surface area (Å²) in [6, 6.07) is 6.74. The number of benzene rings is 1. The molecule has 2 N–H and O–H groups in total. The average Bonchev–Trinajstić information content (AvgIpc) is 2.93. The Bertz CT molecular complexity index is 935. The Morgan fingerprint density at radius 3 is 2.54 bits per heavy atom. The van der Waals surface area contributed by atoms with Crippen LogP contribution in [0.2, 0.25) is 0 Å². The summed E-state index contributed by atoms with van der Waals surface area (Å²) in [7, 11) is 1.23. The molecule has 11 heteroatoms. The Balaban J connectivity index is 2.04. The fraction of sp³-hybridized carbons (Fsp3) is 0.176. The van der Waals surface area contributed by atoms with Gasteiger partial charge in [0, 0.05) is 12.4 Å². The molecule has 0 bridgehead atoms. The first-order valence-corrected chi connectivity index (χ1v) is 7.80. The van der Waals surface area contributed by atoms with Crippen molar-refractivity contribution in [2.24, 2.45) is 0 Å². The second-order valence-electron chi connectivity index (χ2n) is 5.69. The highest BCUT2D eigenvalue weighted by Gasteiger charge is 2.69. The standard InChI is InChI=1S/C17H13F3N4O4/c1-28-12-7-3-2-6-11(12)24-14(26)16(17(18,19)20,23-15(24)27)22-13(25)10-5-4-8-21-9-10/h2-9H,1H3,(H,22,25)(H,23,27). The van der Waals surface area contributed by atoms with E-state index in [9.17, 15) is 27.6 Å². The van der Waals surface area contributed by atoms with Crippen LogP contribution < -0.4 is 20.3 Å². The number of methoxy groups -OCH3 is 1. The zero-order valence-corrected chi connectivity index (χ0v) is 14.3. The number of aromatic nitrogens is 1. The number of hydrogen-bond donors (Lipinski definition) is 2. The Morgan fingerprint density at radius 1 is 1.21 bits per heavy atom. The molecule has 2 heterocycles. The van der Waals surface area contributed by atoms with Gasteiger partial charge in [-0.2, -0.15) is 13.2 Å². The summed E-state index contributed by atoms with van der Waals surface area (Å²) in [6.45, 7) is 0. The number of urea groups is 1. The van der Waals surface area contributed by atoms with E-state index in [1.165, 1.54) is 49.7 Å². The summed E-state index contributed by atoms with van der Waals surface area (Å²) in [5, 5.41) is 3.16. The second-order valence-corrected chi connectivity index (χ2v) is 5.69. The molecule has 3 rings (SSSR count).